The van der Waals surface area contributed by atoms with E-state index in [-0.39, 0.29) is 52.4 Å². The molecule has 188 valence electrons. The first-order valence-corrected chi connectivity index (χ1v) is 13.2. The summed E-state index contributed by atoms with van der Waals surface area (Å²) in [5.74, 6) is 0.265. The number of carboxylic acid groups (broad SMARTS) is 1. The molecule has 3 heterocycles. The smallest absolute Gasteiger partial charge is 0.407 e. The zero-order valence-electron chi connectivity index (χ0n) is 20.0. The quantitative estimate of drug-likeness (QED) is 0.516. The van der Waals surface area contributed by atoms with Crippen molar-refractivity contribution in [3.8, 4) is 0 Å². The maximum atomic E-state index is 13.7. The number of anilines is 2. The van der Waals surface area contributed by atoms with E-state index in [2.05, 4.69) is 9.38 Å². The van der Waals surface area contributed by atoms with Gasteiger partial charge in [0, 0.05) is 25.2 Å². The Labute approximate surface area is 215 Å². The molecule has 2 aliphatic heterocycles. The van der Waals surface area contributed by atoms with Gasteiger partial charge in [0.05, 0.1) is 16.3 Å². The molecule has 9 nitrogen and oxygen atoms in total. The highest BCUT2D eigenvalue weighted by atomic mass is 35.5. The molecule has 2 aliphatic rings. The third-order valence-electron chi connectivity index (χ3n) is 6.21. The fraction of sp³-hybridized carbons (Fsp3) is 0.435. The van der Waals surface area contributed by atoms with Crippen LogP contribution in [-0.4, -0.2) is 65.4 Å². The average Bonchev–Trinajstić information content (AvgIpc) is 2.75. The van der Waals surface area contributed by atoms with E-state index in [1.165, 1.54) is 4.90 Å². The van der Waals surface area contributed by atoms with Gasteiger partial charge in [0.25, 0.3) is 0 Å². The number of amidine groups is 1. The topological polar surface area (TPSA) is 106 Å². The molecule has 4 rings (SSSR count). The average molecular weight is 540 g/mol. The summed E-state index contributed by atoms with van der Waals surface area (Å²) >= 11 is 12.6. The van der Waals surface area contributed by atoms with Crippen LogP contribution in [0.2, 0.25) is 10.2 Å². The number of fused-ring (bicyclic) bond motifs is 1. The van der Waals surface area contributed by atoms with Crippen LogP contribution in [0.15, 0.2) is 34.7 Å². The van der Waals surface area contributed by atoms with Crippen molar-refractivity contribution in [3.05, 3.63) is 51.6 Å². The van der Waals surface area contributed by atoms with E-state index < -0.39 is 16.3 Å². The SMILES string of the molecule is C[C@@H]1CN(C2=NS(=O)(=O)N(c3ccccc3C(C)(C)C)c3nc(Cl)c(Cl)cc32)[C@@H](C)CN1C(=O)O. The molecule has 0 bridgehead atoms. The summed E-state index contributed by atoms with van der Waals surface area (Å²) in [7, 11) is -4.29. The van der Waals surface area contributed by atoms with Gasteiger partial charge in [0.15, 0.2) is 11.7 Å². The van der Waals surface area contributed by atoms with Crippen LogP contribution in [0, 0.1) is 0 Å². The molecule has 0 radical (unpaired) electrons. The summed E-state index contributed by atoms with van der Waals surface area (Å²) in [6, 6.07) is 8.03. The molecule has 1 saturated heterocycles. The van der Waals surface area contributed by atoms with E-state index in [9.17, 15) is 18.3 Å². The Kier molecular flexibility index (Phi) is 6.44. The molecule has 0 unspecified atom stereocenters. The van der Waals surface area contributed by atoms with Crippen molar-refractivity contribution in [3.63, 3.8) is 0 Å². The lowest BCUT2D eigenvalue weighted by atomic mass is 9.86. The number of pyridine rings is 1. The van der Waals surface area contributed by atoms with Crippen molar-refractivity contribution in [2.24, 2.45) is 4.40 Å². The number of benzene rings is 1. The number of carbonyl (C=O) groups is 1. The van der Waals surface area contributed by atoms with Gasteiger partial charge in [-0.15, -0.1) is 4.40 Å². The molecule has 2 atom stereocenters. The largest absolute Gasteiger partial charge is 0.465 e. The first kappa shape index (κ1) is 25.5. The lowest BCUT2D eigenvalue weighted by Crippen LogP contribution is -2.60. The van der Waals surface area contributed by atoms with Crippen molar-refractivity contribution >= 4 is 56.8 Å². The van der Waals surface area contributed by atoms with Crippen LogP contribution < -0.4 is 4.31 Å². The molecule has 1 aromatic heterocycles. The second-order valence-electron chi connectivity index (χ2n) is 9.84. The number of nitrogens with zero attached hydrogens (tertiary/aromatic N) is 5. The van der Waals surface area contributed by atoms with Crippen LogP contribution in [0.25, 0.3) is 0 Å². The number of amides is 1. The maximum Gasteiger partial charge on any atom is 0.407 e. The number of hydrogen-bond donors (Lipinski definition) is 1. The van der Waals surface area contributed by atoms with Crippen molar-refractivity contribution in [2.45, 2.75) is 52.1 Å². The van der Waals surface area contributed by atoms with E-state index in [0.717, 1.165) is 9.87 Å². The molecular weight excluding hydrogens is 513 g/mol. The third kappa shape index (κ3) is 4.54. The molecule has 12 heteroatoms. The normalized spacial score (nSPS) is 22.0. The van der Waals surface area contributed by atoms with Gasteiger partial charge in [-0.25, -0.2) is 14.1 Å². The van der Waals surface area contributed by atoms with Crippen LogP contribution in [0.1, 0.15) is 45.7 Å². The third-order valence-corrected chi connectivity index (χ3v) is 8.12. The van der Waals surface area contributed by atoms with Gasteiger partial charge >= 0.3 is 16.3 Å². The molecule has 1 aromatic carbocycles. The highest BCUT2D eigenvalue weighted by Gasteiger charge is 2.42. The zero-order valence-corrected chi connectivity index (χ0v) is 22.4. The van der Waals surface area contributed by atoms with Crippen molar-refractivity contribution in [1.29, 1.82) is 0 Å². The summed E-state index contributed by atoms with van der Waals surface area (Å²) in [6.45, 7) is 10.0. The number of para-hydroxylation sites is 1. The Morgan fingerprint density at radius 1 is 1.11 bits per heavy atom. The van der Waals surface area contributed by atoms with Gasteiger partial charge in [-0.05, 0) is 37.0 Å². The fourth-order valence-corrected chi connectivity index (χ4v) is 6.06. The van der Waals surface area contributed by atoms with E-state index in [0.29, 0.717) is 11.3 Å². The summed E-state index contributed by atoms with van der Waals surface area (Å²) in [5, 5.41) is 9.64. The van der Waals surface area contributed by atoms with Crippen molar-refractivity contribution < 1.29 is 18.3 Å². The van der Waals surface area contributed by atoms with Gasteiger partial charge in [0.1, 0.15) is 5.15 Å². The highest BCUT2D eigenvalue weighted by molar-refractivity contribution is 7.92. The molecule has 1 amide bonds. The molecule has 0 aliphatic carbocycles. The molecular formula is C23H27Cl2N5O4S. The highest BCUT2D eigenvalue weighted by Crippen LogP contribution is 2.43. The van der Waals surface area contributed by atoms with E-state index in [4.69, 9.17) is 23.2 Å². The van der Waals surface area contributed by atoms with Gasteiger partial charge in [-0.1, -0.05) is 62.2 Å². The lowest BCUT2D eigenvalue weighted by molar-refractivity contribution is 0.0751. The molecule has 0 spiro atoms. The number of aromatic nitrogens is 1. The minimum absolute atomic E-state index is 0.0304. The number of hydrogen-bond acceptors (Lipinski definition) is 5. The Morgan fingerprint density at radius 2 is 1.77 bits per heavy atom. The molecule has 1 N–H and O–H groups in total. The Hall–Kier alpha value is -2.56. The zero-order chi connectivity index (χ0) is 25.9. The molecule has 1 fully saturated rings. The summed E-state index contributed by atoms with van der Waals surface area (Å²) in [5.41, 5.74) is 1.25. The number of halogens is 2. The van der Waals surface area contributed by atoms with Crippen LogP contribution in [0.5, 0.6) is 0 Å². The molecule has 2 aromatic rings. The first-order valence-electron chi connectivity index (χ1n) is 11.1. The van der Waals surface area contributed by atoms with Crippen LogP contribution in [0.3, 0.4) is 0 Å². The minimum atomic E-state index is -4.29. The van der Waals surface area contributed by atoms with Crippen LogP contribution >= 0.6 is 23.2 Å². The van der Waals surface area contributed by atoms with Gasteiger partial charge in [0.2, 0.25) is 0 Å². The summed E-state index contributed by atoms with van der Waals surface area (Å²) < 4.78 is 32.8. The van der Waals surface area contributed by atoms with E-state index in [1.54, 1.807) is 30.0 Å². The number of rotatable bonds is 1. The second kappa shape index (κ2) is 8.83. The first-order chi connectivity index (χ1) is 16.2. The van der Waals surface area contributed by atoms with Crippen molar-refractivity contribution in [2.75, 3.05) is 17.4 Å². The Morgan fingerprint density at radius 3 is 2.40 bits per heavy atom. The second-order valence-corrected chi connectivity index (χ2v) is 12.1. The summed E-state index contributed by atoms with van der Waals surface area (Å²) in [6.07, 6.45) is -1.02. The van der Waals surface area contributed by atoms with Gasteiger partial charge < -0.3 is 14.9 Å². The molecule has 0 saturated carbocycles. The Bertz CT molecular complexity index is 1330. The maximum absolute atomic E-state index is 13.7. The standard InChI is InChI=1S/C23H27Cl2N5O4S/c1-13-12-29(22(31)32)14(2)11-28(13)21-15-10-17(24)19(25)26-20(15)30(35(33,34)27-21)18-9-7-6-8-16(18)23(3,4)5/h6-10,13-14H,11-12H2,1-5H3,(H,31,32)/t13-,14+/m0/s1. The molecule has 35 heavy (non-hydrogen) atoms. The van der Waals surface area contributed by atoms with Gasteiger partial charge in [-0.3, -0.25) is 0 Å². The Balaban J connectivity index is 1.93. The van der Waals surface area contributed by atoms with Crippen molar-refractivity contribution in [1.82, 2.24) is 14.8 Å². The minimum Gasteiger partial charge on any atom is -0.465 e. The van der Waals surface area contributed by atoms with Crippen LogP contribution in [-0.2, 0) is 15.6 Å². The fourth-order valence-electron chi connectivity index (χ4n) is 4.50. The summed E-state index contributed by atoms with van der Waals surface area (Å²) in [4.78, 5) is 19.1. The number of piperazine rings is 1. The van der Waals surface area contributed by atoms with E-state index >= 15 is 0 Å². The lowest BCUT2D eigenvalue weighted by Gasteiger charge is -2.45. The predicted octanol–water partition coefficient (Wildman–Crippen LogP) is 4.90. The van der Waals surface area contributed by atoms with Crippen LogP contribution in [0.4, 0.5) is 16.3 Å². The van der Waals surface area contributed by atoms with Gasteiger partial charge in [-0.2, -0.15) is 8.42 Å². The monoisotopic (exact) mass is 539 g/mol. The predicted molar refractivity (Wildman–Crippen MR) is 137 cm³/mol. The van der Waals surface area contributed by atoms with E-state index in [1.807, 2.05) is 39.8 Å².